The van der Waals surface area contributed by atoms with Crippen LogP contribution in [0.5, 0.6) is 0 Å². The van der Waals surface area contributed by atoms with E-state index in [0.717, 1.165) is 12.3 Å². The van der Waals surface area contributed by atoms with E-state index in [1.165, 1.54) is 12.3 Å². The molecule has 6 nitrogen and oxygen atoms in total. The van der Waals surface area contributed by atoms with Crippen LogP contribution in [0.2, 0.25) is 0 Å². The zero-order valence-electron chi connectivity index (χ0n) is 7.66. The summed E-state index contributed by atoms with van der Waals surface area (Å²) in [7, 11) is -3.71. The van der Waals surface area contributed by atoms with Crippen LogP contribution in [0.3, 0.4) is 0 Å². The lowest BCUT2D eigenvalue weighted by Gasteiger charge is -2.01. The van der Waals surface area contributed by atoms with E-state index >= 15 is 0 Å². The molecule has 0 spiro atoms. The molecule has 1 heterocycles. The fourth-order valence-electron chi connectivity index (χ4n) is 1.01. The molecule has 80 valence electrons. The third kappa shape index (κ3) is 2.38. The Morgan fingerprint density at radius 2 is 2.27 bits per heavy atom. The van der Waals surface area contributed by atoms with Gasteiger partial charge in [-0.05, 0) is 0 Å². The summed E-state index contributed by atoms with van der Waals surface area (Å²) >= 11 is 0. The molecule has 15 heavy (non-hydrogen) atoms. The van der Waals surface area contributed by atoms with E-state index in [9.17, 15) is 18.5 Å². The largest absolute Gasteiger partial charge is 0.291 e. The van der Waals surface area contributed by atoms with E-state index in [0.29, 0.717) is 0 Å². The first-order valence-corrected chi connectivity index (χ1v) is 5.56. The Bertz CT molecular complexity index is 495. The Balaban J connectivity index is 3.37. The van der Waals surface area contributed by atoms with E-state index < -0.39 is 20.4 Å². The maximum atomic E-state index is 11.5. The second kappa shape index (κ2) is 4.18. The van der Waals surface area contributed by atoms with Gasteiger partial charge in [-0.2, -0.15) is 0 Å². The van der Waals surface area contributed by atoms with Gasteiger partial charge < -0.3 is 0 Å². The lowest BCUT2D eigenvalue weighted by molar-refractivity contribution is -0.387. The monoisotopic (exact) mass is 228 g/mol. The van der Waals surface area contributed by atoms with Crippen molar-refractivity contribution in [3.63, 3.8) is 0 Å². The molecule has 7 heteroatoms. The fraction of sp³-hybridized carbons (Fsp3) is 0.125. The predicted molar refractivity (Wildman–Crippen MR) is 53.1 cm³/mol. The summed E-state index contributed by atoms with van der Waals surface area (Å²) in [6, 6.07) is 1.05. The molecule has 1 aromatic heterocycles. The van der Waals surface area contributed by atoms with Gasteiger partial charge in [0.25, 0.3) is 5.69 Å². The molecule has 0 atom stereocenters. The van der Waals surface area contributed by atoms with Crippen LogP contribution in [0.1, 0.15) is 0 Å². The number of nitro groups is 1. The average molecular weight is 228 g/mol. The molecule has 0 N–H and O–H groups in total. The van der Waals surface area contributed by atoms with E-state index in [4.69, 9.17) is 0 Å². The van der Waals surface area contributed by atoms with Gasteiger partial charge in [0.05, 0.1) is 16.9 Å². The van der Waals surface area contributed by atoms with Gasteiger partial charge in [-0.25, -0.2) is 8.42 Å². The van der Waals surface area contributed by atoms with Crippen molar-refractivity contribution in [2.75, 3.05) is 5.75 Å². The van der Waals surface area contributed by atoms with Gasteiger partial charge >= 0.3 is 0 Å². The van der Waals surface area contributed by atoms with Crippen LogP contribution < -0.4 is 0 Å². The molecule has 1 aromatic rings. The van der Waals surface area contributed by atoms with Crippen molar-refractivity contribution in [1.29, 1.82) is 0 Å². The van der Waals surface area contributed by atoms with Gasteiger partial charge in [0.1, 0.15) is 0 Å². The van der Waals surface area contributed by atoms with Crippen molar-refractivity contribution in [1.82, 2.24) is 4.98 Å². The summed E-state index contributed by atoms with van der Waals surface area (Å²) in [5.74, 6) is -0.348. The Hall–Kier alpha value is -1.76. The van der Waals surface area contributed by atoms with Gasteiger partial charge in [-0.15, -0.1) is 6.58 Å². The first-order chi connectivity index (χ1) is 6.99. The highest BCUT2D eigenvalue weighted by atomic mass is 32.2. The molecule has 0 fully saturated rings. The topological polar surface area (TPSA) is 90.2 Å². The van der Waals surface area contributed by atoms with Gasteiger partial charge in [0, 0.05) is 12.3 Å². The van der Waals surface area contributed by atoms with Crippen molar-refractivity contribution in [2.45, 2.75) is 4.90 Å². The van der Waals surface area contributed by atoms with E-state index in [1.54, 1.807) is 0 Å². The first kappa shape index (κ1) is 11.3. The minimum absolute atomic E-state index is 0.348. The van der Waals surface area contributed by atoms with Crippen LogP contribution in [0.25, 0.3) is 0 Å². The predicted octanol–water partition coefficient (Wildman–Crippen LogP) is 0.950. The lowest BCUT2D eigenvalue weighted by Crippen LogP contribution is -2.08. The number of sulfone groups is 1. The van der Waals surface area contributed by atoms with Crippen LogP contribution in [0, 0.1) is 10.1 Å². The summed E-state index contributed by atoms with van der Waals surface area (Å²) in [5, 5.41) is 10.6. The molecule has 0 aliphatic rings. The third-order valence-corrected chi connectivity index (χ3v) is 3.29. The molecule has 0 aromatic carbocycles. The molecule has 0 radical (unpaired) electrons. The van der Waals surface area contributed by atoms with Crippen LogP contribution in [-0.2, 0) is 9.84 Å². The summed E-state index contributed by atoms with van der Waals surface area (Å²) in [6.07, 6.45) is 3.31. The van der Waals surface area contributed by atoms with Crippen LogP contribution >= 0.6 is 0 Å². The molecule has 0 saturated heterocycles. The molecule has 0 amide bonds. The minimum Gasteiger partial charge on any atom is -0.263 e. The van der Waals surface area contributed by atoms with Crippen molar-refractivity contribution < 1.29 is 13.3 Å². The SMILES string of the molecule is C=CCS(=O)(=O)c1cnccc1[N+](=O)[O-]. The smallest absolute Gasteiger partial charge is 0.263 e. The van der Waals surface area contributed by atoms with Crippen molar-refractivity contribution in [2.24, 2.45) is 0 Å². The quantitative estimate of drug-likeness (QED) is 0.434. The second-order valence-electron chi connectivity index (χ2n) is 2.67. The molecule has 0 aliphatic heterocycles. The maximum Gasteiger partial charge on any atom is 0.291 e. The Labute approximate surface area is 86.3 Å². The Morgan fingerprint density at radius 3 is 2.80 bits per heavy atom. The molecule has 0 aliphatic carbocycles. The summed E-state index contributed by atoms with van der Waals surface area (Å²) < 4.78 is 23.1. The van der Waals surface area contributed by atoms with Crippen molar-refractivity contribution in [3.05, 3.63) is 41.2 Å². The highest BCUT2D eigenvalue weighted by Gasteiger charge is 2.24. The van der Waals surface area contributed by atoms with Gasteiger partial charge in [0.2, 0.25) is 0 Å². The van der Waals surface area contributed by atoms with Crippen molar-refractivity contribution >= 4 is 15.5 Å². The number of pyridine rings is 1. The van der Waals surface area contributed by atoms with Crippen LogP contribution in [0.15, 0.2) is 36.0 Å². The Kier molecular flexibility index (Phi) is 3.15. The second-order valence-corrected chi connectivity index (χ2v) is 4.67. The molecular formula is C8H8N2O4S. The number of rotatable bonds is 4. The highest BCUT2D eigenvalue weighted by molar-refractivity contribution is 7.91. The summed E-state index contributed by atoms with van der Waals surface area (Å²) in [6.45, 7) is 3.28. The van der Waals surface area contributed by atoms with Crippen molar-refractivity contribution in [3.8, 4) is 0 Å². The van der Waals surface area contributed by atoms with Gasteiger partial charge in [-0.3, -0.25) is 15.1 Å². The normalized spacial score (nSPS) is 10.9. The number of hydrogen-bond acceptors (Lipinski definition) is 5. The van der Waals surface area contributed by atoms with Crippen LogP contribution in [0.4, 0.5) is 5.69 Å². The van der Waals surface area contributed by atoms with E-state index in [-0.39, 0.29) is 10.6 Å². The fourth-order valence-corrected chi connectivity index (χ4v) is 2.18. The van der Waals surface area contributed by atoms with E-state index in [1.807, 2.05) is 0 Å². The zero-order valence-corrected chi connectivity index (χ0v) is 8.48. The molecular weight excluding hydrogens is 220 g/mol. The lowest BCUT2D eigenvalue weighted by atomic mass is 10.4. The molecule has 1 rings (SSSR count). The third-order valence-electron chi connectivity index (χ3n) is 1.63. The summed E-state index contributed by atoms with van der Waals surface area (Å²) in [4.78, 5) is 13.0. The van der Waals surface area contributed by atoms with Gasteiger partial charge in [-0.1, -0.05) is 6.08 Å². The standard InChI is InChI=1S/C8H8N2O4S/c1-2-5-15(13,14)8-6-9-4-3-7(8)10(11)12/h2-4,6H,1,5H2. The maximum absolute atomic E-state index is 11.5. The van der Waals surface area contributed by atoms with Gasteiger partial charge in [0.15, 0.2) is 14.7 Å². The molecule has 0 saturated carbocycles. The van der Waals surface area contributed by atoms with E-state index in [2.05, 4.69) is 11.6 Å². The average Bonchev–Trinajstić information content (AvgIpc) is 2.17. The Morgan fingerprint density at radius 1 is 1.60 bits per heavy atom. The molecule has 0 unspecified atom stereocenters. The number of hydrogen-bond donors (Lipinski definition) is 0. The number of aromatic nitrogens is 1. The van der Waals surface area contributed by atoms with Crippen LogP contribution in [-0.4, -0.2) is 24.1 Å². The minimum atomic E-state index is -3.71. The molecule has 0 bridgehead atoms. The zero-order chi connectivity index (χ0) is 11.5. The highest BCUT2D eigenvalue weighted by Crippen LogP contribution is 2.22. The number of nitrogens with zero attached hydrogens (tertiary/aromatic N) is 2. The summed E-state index contributed by atoms with van der Waals surface area (Å²) in [5.41, 5.74) is -0.466. The first-order valence-electron chi connectivity index (χ1n) is 3.91.